The highest BCUT2D eigenvalue weighted by molar-refractivity contribution is 5.82. The number of rotatable bonds is 7. The molecular formula is C29H36N4O3. The zero-order valence-electron chi connectivity index (χ0n) is 20.8. The van der Waals surface area contributed by atoms with Crippen molar-refractivity contribution in [3.63, 3.8) is 0 Å². The molecule has 0 saturated carbocycles. The molecule has 4 atom stereocenters. The van der Waals surface area contributed by atoms with E-state index in [9.17, 15) is 14.7 Å². The van der Waals surface area contributed by atoms with Crippen molar-refractivity contribution in [3.05, 3.63) is 70.3 Å². The van der Waals surface area contributed by atoms with Gasteiger partial charge in [-0.2, -0.15) is 0 Å². The van der Waals surface area contributed by atoms with Gasteiger partial charge in [-0.05, 0) is 67.8 Å². The molecule has 3 aliphatic heterocycles. The summed E-state index contributed by atoms with van der Waals surface area (Å²) in [6, 6.07) is 14.1. The minimum Gasteiger partial charge on any atom is -0.481 e. The highest BCUT2D eigenvalue weighted by atomic mass is 16.4. The van der Waals surface area contributed by atoms with Crippen molar-refractivity contribution >= 4 is 16.9 Å². The first-order valence-electron chi connectivity index (χ1n) is 13.4. The summed E-state index contributed by atoms with van der Waals surface area (Å²) in [7, 11) is 0. The van der Waals surface area contributed by atoms with Crippen molar-refractivity contribution in [3.8, 4) is 0 Å². The van der Waals surface area contributed by atoms with Crippen molar-refractivity contribution < 1.29 is 9.90 Å². The van der Waals surface area contributed by atoms with Gasteiger partial charge in [-0.3, -0.25) is 14.5 Å². The zero-order valence-corrected chi connectivity index (χ0v) is 20.8. The quantitative estimate of drug-likeness (QED) is 0.529. The maximum absolute atomic E-state index is 12.3. The summed E-state index contributed by atoms with van der Waals surface area (Å²) in [4.78, 5) is 32.5. The molecule has 3 aliphatic rings. The van der Waals surface area contributed by atoms with Crippen LogP contribution in [0.5, 0.6) is 0 Å². The van der Waals surface area contributed by atoms with E-state index in [1.54, 1.807) is 6.07 Å². The number of aliphatic carboxylic acids is 1. The first kappa shape index (κ1) is 23.5. The van der Waals surface area contributed by atoms with Crippen LogP contribution in [-0.4, -0.2) is 63.2 Å². The van der Waals surface area contributed by atoms with Gasteiger partial charge in [0.2, 0.25) is 0 Å². The van der Waals surface area contributed by atoms with Crippen LogP contribution in [0.15, 0.2) is 53.5 Å². The Morgan fingerprint density at radius 3 is 2.78 bits per heavy atom. The molecule has 7 nitrogen and oxygen atoms in total. The number of benzene rings is 1. The maximum atomic E-state index is 12.3. The lowest BCUT2D eigenvalue weighted by molar-refractivity contribution is -0.139. The number of hydrogen-bond acceptors (Lipinski definition) is 4. The number of nitrogens with one attached hydrogen (secondary N) is 1. The number of carbonyl (C=O) groups is 1. The smallest absolute Gasteiger partial charge is 0.303 e. The van der Waals surface area contributed by atoms with Crippen LogP contribution in [0.1, 0.15) is 42.9 Å². The van der Waals surface area contributed by atoms with E-state index in [4.69, 9.17) is 0 Å². The van der Waals surface area contributed by atoms with Gasteiger partial charge in [0, 0.05) is 73.9 Å². The second kappa shape index (κ2) is 9.87. The predicted octanol–water partition coefficient (Wildman–Crippen LogP) is 3.75. The van der Waals surface area contributed by atoms with E-state index in [1.165, 1.54) is 28.6 Å². The molecule has 2 N–H and O–H groups in total. The molecule has 1 aromatic carbocycles. The van der Waals surface area contributed by atoms with Gasteiger partial charge >= 0.3 is 5.97 Å². The highest BCUT2D eigenvalue weighted by Gasteiger charge is 2.36. The van der Waals surface area contributed by atoms with E-state index in [-0.39, 0.29) is 17.9 Å². The van der Waals surface area contributed by atoms with E-state index in [1.807, 2.05) is 10.6 Å². The first-order valence-corrected chi connectivity index (χ1v) is 13.4. The van der Waals surface area contributed by atoms with Crippen LogP contribution in [0.25, 0.3) is 10.9 Å². The molecule has 2 saturated heterocycles. The maximum Gasteiger partial charge on any atom is 0.303 e. The molecule has 0 unspecified atom stereocenters. The SMILES string of the molecule is O=C(O)C[C@@H]1CCN(Cc2c[nH]c3ccccc23)C[C@@H]1CCN1C[C@@H]2C[C@H](C1)c1cccc(=O)n1C2. The fourth-order valence-electron chi connectivity index (χ4n) is 7.15. The number of likely N-dealkylation sites (tertiary alicyclic amines) is 2. The predicted molar refractivity (Wildman–Crippen MR) is 140 cm³/mol. The summed E-state index contributed by atoms with van der Waals surface area (Å²) < 4.78 is 1.99. The Bertz CT molecular complexity index is 1300. The Balaban J connectivity index is 1.12. The number of H-pyrrole nitrogens is 1. The summed E-state index contributed by atoms with van der Waals surface area (Å²) in [6.07, 6.45) is 5.54. The molecule has 190 valence electrons. The molecule has 6 rings (SSSR count). The fraction of sp³-hybridized carbons (Fsp3) is 0.517. The first-order chi connectivity index (χ1) is 17.5. The van der Waals surface area contributed by atoms with Crippen LogP contribution in [0.4, 0.5) is 0 Å². The number of carboxylic acids is 1. The zero-order chi connectivity index (χ0) is 24.6. The lowest BCUT2D eigenvalue weighted by Crippen LogP contribution is -2.48. The molecule has 0 radical (unpaired) electrons. The van der Waals surface area contributed by atoms with Crippen molar-refractivity contribution in [2.45, 2.75) is 44.7 Å². The minimum absolute atomic E-state index is 0.129. The standard InChI is InChI=1S/C29H36N4O3/c34-28-7-3-6-27-23-12-20(16-33(27)28)15-31(18-23)11-9-22-17-32(10-8-21(22)13-29(35)36)19-24-14-30-26-5-2-1-4-25(24)26/h1-7,14,20-23,30H,8-13,15-19H2,(H,35,36)/t20-,21-,22-,23+/m0/s1. The molecule has 36 heavy (non-hydrogen) atoms. The molecular weight excluding hydrogens is 452 g/mol. The normalized spacial score (nSPS) is 26.7. The van der Waals surface area contributed by atoms with Crippen LogP contribution in [0.2, 0.25) is 0 Å². The third kappa shape index (κ3) is 4.74. The molecule has 2 aromatic heterocycles. The number of carboxylic acid groups (broad SMARTS) is 1. The van der Waals surface area contributed by atoms with E-state index in [2.05, 4.69) is 51.3 Å². The van der Waals surface area contributed by atoms with Crippen LogP contribution in [0.3, 0.4) is 0 Å². The topological polar surface area (TPSA) is 81.6 Å². The second-order valence-corrected chi connectivity index (χ2v) is 11.2. The van der Waals surface area contributed by atoms with Crippen molar-refractivity contribution in [1.82, 2.24) is 19.4 Å². The van der Waals surface area contributed by atoms with Gasteiger partial charge in [-0.1, -0.05) is 24.3 Å². The number of pyridine rings is 1. The minimum atomic E-state index is -0.676. The van der Waals surface area contributed by atoms with E-state index in [0.29, 0.717) is 17.8 Å². The van der Waals surface area contributed by atoms with Gasteiger partial charge in [0.05, 0.1) is 0 Å². The average molecular weight is 489 g/mol. The van der Waals surface area contributed by atoms with Crippen LogP contribution in [-0.2, 0) is 17.9 Å². The van der Waals surface area contributed by atoms with Gasteiger partial charge in [0.1, 0.15) is 0 Å². The monoisotopic (exact) mass is 488 g/mol. The summed E-state index contributed by atoms with van der Waals surface area (Å²) in [5.41, 5.74) is 3.81. The van der Waals surface area contributed by atoms with E-state index >= 15 is 0 Å². The van der Waals surface area contributed by atoms with Gasteiger partial charge in [-0.25, -0.2) is 0 Å². The molecule has 2 fully saturated rings. The van der Waals surface area contributed by atoms with Gasteiger partial charge < -0.3 is 19.6 Å². The summed E-state index contributed by atoms with van der Waals surface area (Å²) in [5.74, 6) is 0.897. The summed E-state index contributed by atoms with van der Waals surface area (Å²) in [5, 5.41) is 10.8. The van der Waals surface area contributed by atoms with E-state index < -0.39 is 5.97 Å². The molecule has 7 heteroatoms. The molecule has 0 aliphatic carbocycles. The van der Waals surface area contributed by atoms with E-state index in [0.717, 1.165) is 58.7 Å². The second-order valence-electron chi connectivity index (χ2n) is 11.2. The highest BCUT2D eigenvalue weighted by Crippen LogP contribution is 2.36. The fourth-order valence-corrected chi connectivity index (χ4v) is 7.15. The Hall–Kier alpha value is -2.90. The van der Waals surface area contributed by atoms with Crippen molar-refractivity contribution in [2.75, 3.05) is 32.7 Å². The summed E-state index contributed by atoms with van der Waals surface area (Å²) in [6.45, 7) is 6.67. The van der Waals surface area contributed by atoms with Crippen LogP contribution in [0, 0.1) is 17.8 Å². The largest absolute Gasteiger partial charge is 0.481 e. The molecule has 2 bridgehead atoms. The Morgan fingerprint density at radius 2 is 1.89 bits per heavy atom. The molecule has 3 aromatic rings. The number of fused-ring (bicyclic) bond motifs is 5. The van der Waals surface area contributed by atoms with Crippen molar-refractivity contribution in [2.24, 2.45) is 17.8 Å². The molecule has 0 amide bonds. The van der Waals surface area contributed by atoms with Gasteiger partial charge in [0.15, 0.2) is 0 Å². The van der Waals surface area contributed by atoms with Gasteiger partial charge in [-0.15, -0.1) is 0 Å². The Morgan fingerprint density at radius 1 is 1.00 bits per heavy atom. The lowest BCUT2D eigenvalue weighted by Gasteiger charge is -2.44. The average Bonchev–Trinajstić information content (AvgIpc) is 3.27. The number of aromatic amines is 1. The molecule has 0 spiro atoms. The van der Waals surface area contributed by atoms with Crippen LogP contribution >= 0.6 is 0 Å². The number of nitrogens with zero attached hydrogens (tertiary/aromatic N) is 3. The third-order valence-electron chi connectivity index (χ3n) is 8.85. The third-order valence-corrected chi connectivity index (χ3v) is 8.85. The number of aromatic nitrogens is 2. The molecule has 5 heterocycles. The number of para-hydroxylation sites is 1. The number of hydrogen-bond donors (Lipinski definition) is 2. The Kier molecular flexibility index (Phi) is 6.44. The summed E-state index contributed by atoms with van der Waals surface area (Å²) >= 11 is 0. The van der Waals surface area contributed by atoms with Crippen molar-refractivity contribution in [1.29, 1.82) is 0 Å². The van der Waals surface area contributed by atoms with Crippen LogP contribution < -0.4 is 5.56 Å². The lowest BCUT2D eigenvalue weighted by atomic mass is 9.80. The Labute approximate surface area is 211 Å². The van der Waals surface area contributed by atoms with Gasteiger partial charge in [0.25, 0.3) is 5.56 Å². The number of piperidine rings is 2.